The van der Waals surface area contributed by atoms with Gasteiger partial charge in [0.15, 0.2) is 0 Å². The van der Waals surface area contributed by atoms with E-state index in [9.17, 15) is 4.79 Å². The van der Waals surface area contributed by atoms with E-state index in [1.165, 1.54) is 0 Å². The molecule has 0 aliphatic rings. The van der Waals surface area contributed by atoms with Crippen LogP contribution >= 0.6 is 0 Å². The summed E-state index contributed by atoms with van der Waals surface area (Å²) in [7, 11) is 0. The largest absolute Gasteiger partial charge is 0.370 e. The number of nitrogens with two attached hydrogens (primary N) is 2. The van der Waals surface area contributed by atoms with Crippen LogP contribution in [0.3, 0.4) is 0 Å². The number of carbonyl (C=O) groups is 1. The summed E-state index contributed by atoms with van der Waals surface area (Å²) in [4.78, 5) is 19.1. The van der Waals surface area contributed by atoms with Crippen molar-refractivity contribution in [2.24, 2.45) is 11.6 Å². The number of hydrogen-bond acceptors (Lipinski definition) is 6. The summed E-state index contributed by atoms with van der Waals surface area (Å²) < 4.78 is 0. The lowest BCUT2D eigenvalue weighted by Gasteiger charge is -2.26. The minimum absolute atomic E-state index is 0.210. The highest BCUT2D eigenvalue weighted by Gasteiger charge is 2.21. The van der Waals surface area contributed by atoms with Gasteiger partial charge in [0.1, 0.15) is 5.82 Å². The molecule has 0 fully saturated rings. The fourth-order valence-electron chi connectivity index (χ4n) is 1.44. The zero-order valence-electron chi connectivity index (χ0n) is 10.2. The lowest BCUT2D eigenvalue weighted by atomic mass is 10.00. The maximum absolute atomic E-state index is 10.9. The SMILES string of the molecule is Cc1cnc(NN)nc1NC(C)(C)CC(N)=O. The van der Waals surface area contributed by atoms with E-state index in [0.29, 0.717) is 11.8 Å². The number of nitrogen functional groups attached to an aromatic ring is 1. The Kier molecular flexibility index (Phi) is 3.84. The second-order valence-corrected chi connectivity index (χ2v) is 4.52. The molecule has 0 radical (unpaired) electrons. The standard InChI is InChI=1S/C10H18N6O/c1-6-5-13-9(16-12)14-8(6)15-10(2,3)4-7(11)17/h5H,4,12H2,1-3H3,(H2,11,17)(H2,13,14,15,16). The Bertz CT molecular complexity index is 417. The highest BCUT2D eigenvalue weighted by atomic mass is 16.1. The molecule has 6 N–H and O–H groups in total. The van der Waals surface area contributed by atoms with Crippen molar-refractivity contribution < 1.29 is 4.79 Å². The van der Waals surface area contributed by atoms with E-state index in [1.54, 1.807) is 6.20 Å². The first kappa shape index (κ1) is 13.2. The summed E-state index contributed by atoms with van der Waals surface area (Å²) in [6.45, 7) is 5.60. The van der Waals surface area contributed by atoms with E-state index in [-0.39, 0.29) is 12.3 Å². The molecule has 0 aliphatic carbocycles. The first-order valence-corrected chi connectivity index (χ1v) is 5.21. The molecule has 0 atom stereocenters. The number of hydrogen-bond donors (Lipinski definition) is 4. The van der Waals surface area contributed by atoms with Crippen molar-refractivity contribution in [3.05, 3.63) is 11.8 Å². The third-order valence-corrected chi connectivity index (χ3v) is 2.17. The van der Waals surface area contributed by atoms with Crippen LogP contribution in [0.25, 0.3) is 0 Å². The van der Waals surface area contributed by atoms with Crippen LogP contribution in [0.15, 0.2) is 6.20 Å². The van der Waals surface area contributed by atoms with Gasteiger partial charge in [-0.2, -0.15) is 4.98 Å². The summed E-state index contributed by atoms with van der Waals surface area (Å²) in [5, 5.41) is 3.15. The Morgan fingerprint density at radius 3 is 2.71 bits per heavy atom. The smallest absolute Gasteiger partial charge is 0.239 e. The molecule has 0 bridgehead atoms. The molecule has 0 saturated heterocycles. The van der Waals surface area contributed by atoms with Crippen molar-refractivity contribution in [3.8, 4) is 0 Å². The Hall–Kier alpha value is -1.89. The van der Waals surface area contributed by atoms with Gasteiger partial charge in [-0.1, -0.05) is 0 Å². The normalized spacial score (nSPS) is 11.1. The number of primary amides is 1. The fraction of sp³-hybridized carbons (Fsp3) is 0.500. The third-order valence-electron chi connectivity index (χ3n) is 2.17. The van der Waals surface area contributed by atoms with Crippen LogP contribution in [-0.2, 0) is 4.79 Å². The van der Waals surface area contributed by atoms with Crippen LogP contribution in [0.2, 0.25) is 0 Å². The van der Waals surface area contributed by atoms with E-state index in [4.69, 9.17) is 11.6 Å². The van der Waals surface area contributed by atoms with E-state index >= 15 is 0 Å². The Balaban J connectivity index is 2.89. The number of carbonyl (C=O) groups excluding carboxylic acids is 1. The molecule has 17 heavy (non-hydrogen) atoms. The number of nitrogens with one attached hydrogen (secondary N) is 2. The first-order chi connectivity index (χ1) is 7.84. The van der Waals surface area contributed by atoms with Gasteiger partial charge in [-0.15, -0.1) is 0 Å². The maximum atomic E-state index is 10.9. The molecule has 7 heteroatoms. The Labute approximate surface area is 100.0 Å². The van der Waals surface area contributed by atoms with Crippen LogP contribution in [0.1, 0.15) is 25.8 Å². The van der Waals surface area contributed by atoms with Crippen molar-refractivity contribution >= 4 is 17.7 Å². The van der Waals surface area contributed by atoms with Gasteiger partial charge in [0.05, 0.1) is 0 Å². The second kappa shape index (κ2) is 4.96. The van der Waals surface area contributed by atoms with Crippen LogP contribution in [0, 0.1) is 6.92 Å². The van der Waals surface area contributed by atoms with Crippen LogP contribution in [0.5, 0.6) is 0 Å². The number of rotatable bonds is 5. The van der Waals surface area contributed by atoms with Gasteiger partial charge < -0.3 is 11.1 Å². The van der Waals surface area contributed by atoms with Crippen molar-refractivity contribution in [3.63, 3.8) is 0 Å². The zero-order chi connectivity index (χ0) is 13.1. The number of aromatic nitrogens is 2. The van der Waals surface area contributed by atoms with Crippen molar-refractivity contribution in [2.45, 2.75) is 32.7 Å². The average molecular weight is 238 g/mol. The van der Waals surface area contributed by atoms with Gasteiger partial charge in [-0.3, -0.25) is 10.2 Å². The van der Waals surface area contributed by atoms with Crippen molar-refractivity contribution in [1.29, 1.82) is 0 Å². The number of hydrazine groups is 1. The molecule has 1 aromatic rings. The van der Waals surface area contributed by atoms with Gasteiger partial charge in [-0.05, 0) is 20.8 Å². The van der Waals surface area contributed by atoms with Crippen molar-refractivity contribution in [2.75, 3.05) is 10.7 Å². The molecule has 0 unspecified atom stereocenters. The van der Waals surface area contributed by atoms with Crippen LogP contribution < -0.4 is 22.3 Å². The van der Waals surface area contributed by atoms with E-state index in [0.717, 1.165) is 5.56 Å². The molecule has 1 heterocycles. The van der Waals surface area contributed by atoms with E-state index in [1.807, 2.05) is 20.8 Å². The predicted octanol–water partition coefficient (Wildman–Crippen LogP) is 0.137. The molecule has 1 aromatic heterocycles. The predicted molar refractivity (Wildman–Crippen MR) is 66.1 cm³/mol. The molecular formula is C10H18N6O. The monoisotopic (exact) mass is 238 g/mol. The molecule has 94 valence electrons. The lowest BCUT2D eigenvalue weighted by Crippen LogP contribution is -2.36. The molecule has 0 aliphatic heterocycles. The fourth-order valence-corrected chi connectivity index (χ4v) is 1.44. The van der Waals surface area contributed by atoms with Gasteiger partial charge in [0.25, 0.3) is 0 Å². The summed E-state index contributed by atoms with van der Waals surface area (Å²) in [6.07, 6.45) is 1.85. The van der Waals surface area contributed by atoms with E-state index in [2.05, 4.69) is 20.7 Å². The number of aryl methyl sites for hydroxylation is 1. The molecule has 1 rings (SSSR count). The van der Waals surface area contributed by atoms with Gasteiger partial charge >= 0.3 is 0 Å². The number of anilines is 2. The molecule has 0 saturated carbocycles. The summed E-state index contributed by atoms with van der Waals surface area (Å²) >= 11 is 0. The highest BCUT2D eigenvalue weighted by Crippen LogP contribution is 2.19. The molecule has 1 amide bonds. The molecule has 0 aromatic carbocycles. The zero-order valence-corrected chi connectivity index (χ0v) is 10.2. The quantitative estimate of drug-likeness (QED) is 0.428. The first-order valence-electron chi connectivity index (χ1n) is 5.21. The summed E-state index contributed by atoms with van der Waals surface area (Å²) in [5.41, 5.74) is 7.94. The summed E-state index contributed by atoms with van der Waals surface area (Å²) in [5.74, 6) is 5.80. The molecular weight excluding hydrogens is 220 g/mol. The second-order valence-electron chi connectivity index (χ2n) is 4.52. The Morgan fingerprint density at radius 2 is 2.18 bits per heavy atom. The minimum atomic E-state index is -0.475. The topological polar surface area (TPSA) is 119 Å². The van der Waals surface area contributed by atoms with Crippen LogP contribution in [-0.4, -0.2) is 21.4 Å². The number of amides is 1. The third kappa shape index (κ3) is 3.87. The highest BCUT2D eigenvalue weighted by molar-refractivity contribution is 5.75. The van der Waals surface area contributed by atoms with Gasteiger partial charge in [-0.25, -0.2) is 10.8 Å². The summed E-state index contributed by atoms with van der Waals surface area (Å²) in [6, 6.07) is 0. The van der Waals surface area contributed by atoms with Gasteiger partial charge in [0.2, 0.25) is 11.9 Å². The minimum Gasteiger partial charge on any atom is -0.370 e. The average Bonchev–Trinajstić information content (AvgIpc) is 2.19. The lowest BCUT2D eigenvalue weighted by molar-refractivity contribution is -0.118. The van der Waals surface area contributed by atoms with Crippen LogP contribution in [0.4, 0.5) is 11.8 Å². The maximum Gasteiger partial charge on any atom is 0.239 e. The van der Waals surface area contributed by atoms with Gasteiger partial charge in [0, 0.05) is 23.7 Å². The van der Waals surface area contributed by atoms with E-state index < -0.39 is 5.54 Å². The Morgan fingerprint density at radius 1 is 1.53 bits per heavy atom. The molecule has 0 spiro atoms. The van der Waals surface area contributed by atoms with Crippen molar-refractivity contribution in [1.82, 2.24) is 9.97 Å². The molecule has 7 nitrogen and oxygen atoms in total. The number of nitrogens with zero attached hydrogens (tertiary/aromatic N) is 2.